The van der Waals surface area contributed by atoms with Gasteiger partial charge in [0.15, 0.2) is 15.7 Å². The van der Waals surface area contributed by atoms with Crippen molar-refractivity contribution >= 4 is 45.9 Å². The molecule has 0 spiro atoms. The standard InChI is InChI=1S/C24H27N5O4S2/c1-17-15-33-13-12-28(17)22-14-20(16-35(2,31)32)25-23(27-22)18-8-10-21(11-9-18)29(34)24(30)26-19-6-4-3-5-7-19/h3-11,14,17,34H,12-13,15-16H2,1-2H3,(H,26,30)/t17-/m0/s1. The fourth-order valence-corrected chi connectivity index (χ4v) is 4.60. The first-order valence-corrected chi connectivity index (χ1v) is 13.5. The van der Waals surface area contributed by atoms with Crippen LogP contribution < -0.4 is 14.5 Å². The van der Waals surface area contributed by atoms with Gasteiger partial charge in [0.2, 0.25) is 0 Å². The van der Waals surface area contributed by atoms with Gasteiger partial charge in [-0.15, -0.1) is 0 Å². The third-order valence-corrected chi connectivity index (χ3v) is 6.66. The van der Waals surface area contributed by atoms with Gasteiger partial charge in [-0.1, -0.05) is 31.0 Å². The molecule has 1 fully saturated rings. The van der Waals surface area contributed by atoms with Crippen LogP contribution in [0.1, 0.15) is 12.6 Å². The minimum absolute atomic E-state index is 0.0980. The van der Waals surface area contributed by atoms with E-state index in [1.54, 1.807) is 42.5 Å². The van der Waals surface area contributed by atoms with Crippen molar-refractivity contribution in [2.75, 3.05) is 40.5 Å². The van der Waals surface area contributed by atoms with Crippen LogP contribution in [0.3, 0.4) is 0 Å². The molecule has 184 valence electrons. The molecule has 2 aromatic carbocycles. The van der Waals surface area contributed by atoms with Gasteiger partial charge in [0.25, 0.3) is 0 Å². The summed E-state index contributed by atoms with van der Waals surface area (Å²) in [5, 5.41) is 2.78. The lowest BCUT2D eigenvalue weighted by molar-refractivity contribution is 0.0985. The van der Waals surface area contributed by atoms with Gasteiger partial charge in [-0.25, -0.2) is 27.5 Å². The normalized spacial score (nSPS) is 16.1. The summed E-state index contributed by atoms with van der Waals surface area (Å²) >= 11 is 4.33. The Kier molecular flexibility index (Phi) is 7.58. The van der Waals surface area contributed by atoms with E-state index in [1.807, 2.05) is 25.1 Å². The van der Waals surface area contributed by atoms with Crippen molar-refractivity contribution in [1.29, 1.82) is 0 Å². The lowest BCUT2D eigenvalue weighted by Gasteiger charge is -2.34. The maximum Gasteiger partial charge on any atom is 0.336 e. The molecule has 3 aromatic rings. The number of thiol groups is 1. The van der Waals surface area contributed by atoms with Crippen molar-refractivity contribution < 1.29 is 17.9 Å². The first-order chi connectivity index (χ1) is 16.7. The van der Waals surface area contributed by atoms with Crippen LogP contribution in [0.4, 0.5) is 22.0 Å². The third-order valence-electron chi connectivity index (χ3n) is 5.43. The maximum atomic E-state index is 12.5. The van der Waals surface area contributed by atoms with E-state index in [9.17, 15) is 13.2 Å². The zero-order valence-electron chi connectivity index (χ0n) is 19.5. The SMILES string of the molecule is C[C@H]1COCCN1c1cc(CS(C)(=O)=O)nc(-c2ccc(N(S)C(=O)Nc3ccccc3)cc2)n1. The van der Waals surface area contributed by atoms with E-state index in [4.69, 9.17) is 9.72 Å². The summed E-state index contributed by atoms with van der Waals surface area (Å²) in [6.07, 6.45) is 1.18. The second-order valence-electron chi connectivity index (χ2n) is 8.38. The number of hydrogen-bond acceptors (Lipinski definition) is 8. The zero-order chi connectivity index (χ0) is 25.0. The molecular weight excluding hydrogens is 486 g/mol. The molecule has 0 radical (unpaired) electrons. The summed E-state index contributed by atoms with van der Waals surface area (Å²) in [6, 6.07) is 17.5. The lowest BCUT2D eigenvalue weighted by Crippen LogP contribution is -2.44. The number of carbonyl (C=O) groups is 1. The fraction of sp³-hybridized carbons (Fsp3) is 0.292. The van der Waals surface area contributed by atoms with Gasteiger partial charge in [-0.05, 0) is 43.3 Å². The molecule has 2 heterocycles. The predicted octanol–water partition coefficient (Wildman–Crippen LogP) is 3.80. The number of aromatic nitrogens is 2. The van der Waals surface area contributed by atoms with E-state index < -0.39 is 15.9 Å². The third kappa shape index (κ3) is 6.50. The number of carbonyl (C=O) groups excluding carboxylic acids is 1. The number of morpholine rings is 1. The van der Waals surface area contributed by atoms with Crippen molar-refractivity contribution in [2.24, 2.45) is 0 Å². The van der Waals surface area contributed by atoms with E-state index in [1.165, 1.54) is 10.6 Å². The summed E-state index contributed by atoms with van der Waals surface area (Å²) in [7, 11) is -3.29. The molecule has 0 saturated carbocycles. The van der Waals surface area contributed by atoms with Crippen LogP contribution in [0.25, 0.3) is 11.4 Å². The highest BCUT2D eigenvalue weighted by Crippen LogP contribution is 2.26. The van der Waals surface area contributed by atoms with E-state index in [-0.39, 0.29) is 11.8 Å². The van der Waals surface area contributed by atoms with Crippen LogP contribution in [0, 0.1) is 0 Å². The molecule has 1 atom stereocenters. The number of amides is 2. The molecular formula is C24H27N5O4S2. The van der Waals surface area contributed by atoms with Crippen molar-refractivity contribution in [3.63, 3.8) is 0 Å². The van der Waals surface area contributed by atoms with Gasteiger partial charge in [-0.3, -0.25) is 0 Å². The first kappa shape index (κ1) is 25.0. The molecule has 1 aromatic heterocycles. The number of benzene rings is 2. The van der Waals surface area contributed by atoms with Gasteiger partial charge in [0.1, 0.15) is 5.82 Å². The Morgan fingerprint density at radius 2 is 1.89 bits per heavy atom. The van der Waals surface area contributed by atoms with Crippen LogP contribution in [0.5, 0.6) is 0 Å². The van der Waals surface area contributed by atoms with Crippen molar-refractivity contribution in [1.82, 2.24) is 9.97 Å². The Morgan fingerprint density at radius 1 is 1.17 bits per heavy atom. The smallest absolute Gasteiger partial charge is 0.336 e. The molecule has 1 aliphatic rings. The summed E-state index contributed by atoms with van der Waals surface area (Å²) < 4.78 is 30.7. The number of nitrogens with zero attached hydrogens (tertiary/aromatic N) is 4. The number of nitrogens with one attached hydrogen (secondary N) is 1. The van der Waals surface area contributed by atoms with Crippen molar-refractivity contribution in [3.8, 4) is 11.4 Å². The average molecular weight is 514 g/mol. The van der Waals surface area contributed by atoms with Gasteiger partial charge < -0.3 is 15.0 Å². The molecule has 11 heteroatoms. The van der Waals surface area contributed by atoms with Gasteiger partial charge in [0.05, 0.1) is 36.4 Å². The number of anilines is 3. The molecule has 9 nitrogen and oxygen atoms in total. The van der Waals surface area contributed by atoms with Gasteiger partial charge in [-0.2, -0.15) is 0 Å². The molecule has 35 heavy (non-hydrogen) atoms. The lowest BCUT2D eigenvalue weighted by atomic mass is 10.2. The van der Waals surface area contributed by atoms with Crippen LogP contribution in [-0.2, 0) is 20.3 Å². The van der Waals surface area contributed by atoms with Crippen LogP contribution in [0.15, 0.2) is 60.7 Å². The summed E-state index contributed by atoms with van der Waals surface area (Å²) in [6.45, 7) is 3.83. The molecule has 0 aliphatic carbocycles. The van der Waals surface area contributed by atoms with Crippen LogP contribution in [-0.4, -0.2) is 56.5 Å². The summed E-state index contributed by atoms with van der Waals surface area (Å²) in [5.74, 6) is 0.883. The highest BCUT2D eigenvalue weighted by molar-refractivity contribution is 7.89. The Balaban J connectivity index is 1.60. The Hall–Kier alpha value is -3.15. The zero-order valence-corrected chi connectivity index (χ0v) is 21.2. The van der Waals surface area contributed by atoms with Crippen LogP contribution in [0.2, 0.25) is 0 Å². The first-order valence-electron chi connectivity index (χ1n) is 11.0. The van der Waals surface area contributed by atoms with Crippen molar-refractivity contribution in [2.45, 2.75) is 18.7 Å². The highest BCUT2D eigenvalue weighted by atomic mass is 32.2. The number of rotatable bonds is 6. The quantitative estimate of drug-likeness (QED) is 0.483. The molecule has 4 rings (SSSR count). The molecule has 1 saturated heterocycles. The molecule has 0 bridgehead atoms. The van der Waals surface area contributed by atoms with E-state index in [0.29, 0.717) is 54.0 Å². The number of ether oxygens (including phenoxy) is 1. The topological polar surface area (TPSA) is 105 Å². The van der Waals surface area contributed by atoms with E-state index in [0.717, 1.165) is 0 Å². The fourth-order valence-electron chi connectivity index (χ4n) is 3.74. The van der Waals surface area contributed by atoms with Gasteiger partial charge >= 0.3 is 6.03 Å². The highest BCUT2D eigenvalue weighted by Gasteiger charge is 2.23. The maximum absolute atomic E-state index is 12.5. The second kappa shape index (κ2) is 10.6. The number of hydrogen-bond donors (Lipinski definition) is 2. The Bertz CT molecular complexity index is 1290. The largest absolute Gasteiger partial charge is 0.377 e. The molecule has 1 N–H and O–H groups in total. The summed E-state index contributed by atoms with van der Waals surface area (Å²) in [4.78, 5) is 23.9. The van der Waals surface area contributed by atoms with Gasteiger partial charge in [0, 0.05) is 30.1 Å². The Labute approximate surface area is 210 Å². The van der Waals surface area contributed by atoms with E-state index in [2.05, 4.69) is 28.0 Å². The average Bonchev–Trinajstić information content (AvgIpc) is 2.83. The predicted molar refractivity (Wildman–Crippen MR) is 141 cm³/mol. The molecule has 0 unspecified atom stereocenters. The molecule has 1 aliphatic heterocycles. The monoisotopic (exact) mass is 513 g/mol. The minimum Gasteiger partial charge on any atom is -0.377 e. The minimum atomic E-state index is -3.29. The van der Waals surface area contributed by atoms with Crippen molar-refractivity contribution in [3.05, 3.63) is 66.4 Å². The number of sulfone groups is 1. The Morgan fingerprint density at radius 3 is 2.54 bits per heavy atom. The van der Waals surface area contributed by atoms with E-state index >= 15 is 0 Å². The van der Waals surface area contributed by atoms with Crippen LogP contribution >= 0.6 is 12.8 Å². The second-order valence-corrected chi connectivity index (χ2v) is 10.9. The number of urea groups is 1. The number of para-hydroxylation sites is 1. The molecule has 2 amide bonds. The summed E-state index contributed by atoms with van der Waals surface area (Å²) in [5.41, 5.74) is 2.33.